The molecular formula is C45H27N5S. The van der Waals surface area contributed by atoms with Gasteiger partial charge in [-0.1, -0.05) is 115 Å². The van der Waals surface area contributed by atoms with E-state index in [1.165, 1.54) is 41.8 Å². The Morgan fingerprint density at radius 3 is 1.65 bits per heavy atom. The summed E-state index contributed by atoms with van der Waals surface area (Å²) < 4.78 is 7.07. The average molecular weight is 670 g/mol. The molecule has 0 aliphatic heterocycles. The standard InChI is InChI=1S/C45H27N5S/c1-3-13-28(14-4-1)43-46-44(29-23-24-32-31-17-9-12-22-39(31)51-40(32)27-29)48-45(47-43)50-36-21-11-8-19-34(36)42-38(50)26-25-37-41(42)33-18-7-10-20-35(33)49(37)30-15-5-2-6-16-30/h1-27H. The first-order valence-electron chi connectivity index (χ1n) is 17.0. The van der Waals surface area contributed by atoms with Gasteiger partial charge >= 0.3 is 0 Å². The second kappa shape index (κ2) is 10.9. The predicted molar refractivity (Wildman–Crippen MR) is 212 cm³/mol. The highest BCUT2D eigenvalue weighted by Gasteiger charge is 2.22. The van der Waals surface area contributed by atoms with Crippen LogP contribution >= 0.6 is 11.3 Å². The van der Waals surface area contributed by atoms with Gasteiger partial charge in [-0.05, 0) is 48.5 Å². The van der Waals surface area contributed by atoms with Crippen LogP contribution in [-0.4, -0.2) is 24.1 Å². The molecule has 6 heteroatoms. The van der Waals surface area contributed by atoms with Gasteiger partial charge in [0.05, 0.1) is 22.1 Å². The number of fused-ring (bicyclic) bond motifs is 10. The maximum atomic E-state index is 5.27. The van der Waals surface area contributed by atoms with Crippen LogP contribution in [0.4, 0.5) is 0 Å². The number of aromatic nitrogens is 5. The first kappa shape index (κ1) is 28.2. The van der Waals surface area contributed by atoms with E-state index in [9.17, 15) is 0 Å². The van der Waals surface area contributed by atoms with Gasteiger partial charge in [0, 0.05) is 58.5 Å². The predicted octanol–water partition coefficient (Wildman–Crippen LogP) is 11.8. The lowest BCUT2D eigenvalue weighted by atomic mass is 10.1. The molecule has 0 amide bonds. The first-order chi connectivity index (χ1) is 25.3. The fourth-order valence-corrected chi connectivity index (χ4v) is 8.91. The molecular weight excluding hydrogens is 643 g/mol. The van der Waals surface area contributed by atoms with Gasteiger partial charge in [-0.25, -0.2) is 4.98 Å². The topological polar surface area (TPSA) is 48.5 Å². The summed E-state index contributed by atoms with van der Waals surface area (Å²) in [5.74, 6) is 1.87. The molecule has 0 saturated carbocycles. The van der Waals surface area contributed by atoms with Crippen molar-refractivity contribution in [3.8, 4) is 34.4 Å². The fraction of sp³-hybridized carbons (Fsp3) is 0. The van der Waals surface area contributed by atoms with E-state index in [2.05, 4.69) is 155 Å². The summed E-state index contributed by atoms with van der Waals surface area (Å²) in [6.45, 7) is 0. The van der Waals surface area contributed by atoms with Crippen LogP contribution in [0.25, 0.3) is 98.2 Å². The number of para-hydroxylation sites is 3. The van der Waals surface area contributed by atoms with Crippen LogP contribution in [0.2, 0.25) is 0 Å². The lowest BCUT2D eigenvalue weighted by Crippen LogP contribution is -2.06. The minimum atomic E-state index is 0.590. The second-order valence-electron chi connectivity index (χ2n) is 12.9. The van der Waals surface area contributed by atoms with E-state index in [4.69, 9.17) is 15.0 Å². The van der Waals surface area contributed by atoms with Crippen LogP contribution in [0.3, 0.4) is 0 Å². The molecule has 51 heavy (non-hydrogen) atoms. The molecule has 5 nitrogen and oxygen atoms in total. The molecule has 0 saturated heterocycles. The molecule has 7 aromatic carbocycles. The minimum Gasteiger partial charge on any atom is -0.309 e. The number of hydrogen-bond donors (Lipinski definition) is 0. The van der Waals surface area contributed by atoms with Crippen molar-refractivity contribution in [2.45, 2.75) is 0 Å². The molecule has 0 fully saturated rings. The Kier molecular flexibility index (Phi) is 6.05. The molecule has 0 bridgehead atoms. The van der Waals surface area contributed by atoms with E-state index >= 15 is 0 Å². The highest BCUT2D eigenvalue weighted by molar-refractivity contribution is 7.25. The Balaban J connectivity index is 1.22. The van der Waals surface area contributed by atoms with Crippen molar-refractivity contribution in [2.24, 2.45) is 0 Å². The van der Waals surface area contributed by atoms with Gasteiger partial charge in [0.25, 0.3) is 0 Å². The summed E-state index contributed by atoms with van der Waals surface area (Å²) in [5.41, 5.74) is 7.48. The van der Waals surface area contributed by atoms with Crippen molar-refractivity contribution >= 4 is 75.1 Å². The molecule has 11 aromatic rings. The Hall–Kier alpha value is -6.63. The van der Waals surface area contributed by atoms with Crippen LogP contribution in [0.15, 0.2) is 164 Å². The molecule has 0 atom stereocenters. The van der Waals surface area contributed by atoms with E-state index in [1.807, 2.05) is 18.2 Å². The van der Waals surface area contributed by atoms with Crippen molar-refractivity contribution < 1.29 is 0 Å². The lowest BCUT2D eigenvalue weighted by Gasteiger charge is -2.11. The third-order valence-electron chi connectivity index (χ3n) is 9.98. The first-order valence-corrected chi connectivity index (χ1v) is 17.9. The van der Waals surface area contributed by atoms with Crippen molar-refractivity contribution in [2.75, 3.05) is 0 Å². The highest BCUT2D eigenvalue weighted by Crippen LogP contribution is 2.42. The average Bonchev–Trinajstić information content (AvgIpc) is 3.85. The van der Waals surface area contributed by atoms with Crippen molar-refractivity contribution in [3.63, 3.8) is 0 Å². The molecule has 0 N–H and O–H groups in total. The Morgan fingerprint density at radius 2 is 0.922 bits per heavy atom. The monoisotopic (exact) mass is 669 g/mol. The van der Waals surface area contributed by atoms with Crippen LogP contribution in [0.5, 0.6) is 0 Å². The normalized spacial score (nSPS) is 11.9. The van der Waals surface area contributed by atoms with E-state index < -0.39 is 0 Å². The van der Waals surface area contributed by atoms with Gasteiger partial charge in [0.15, 0.2) is 11.6 Å². The molecule has 4 heterocycles. The molecule has 0 spiro atoms. The van der Waals surface area contributed by atoms with Crippen molar-refractivity contribution in [1.29, 1.82) is 0 Å². The number of hydrogen-bond acceptors (Lipinski definition) is 4. The number of benzene rings is 7. The minimum absolute atomic E-state index is 0.590. The summed E-state index contributed by atoms with van der Waals surface area (Å²) in [7, 11) is 0. The molecule has 0 aliphatic rings. The SMILES string of the molecule is c1ccc(-c2nc(-c3ccc4c(c3)sc3ccccc34)nc(-n3c4ccccc4c4c5c6ccccc6n(-c6ccccc6)c5ccc43)n2)cc1. The zero-order valence-electron chi connectivity index (χ0n) is 27.2. The van der Waals surface area contributed by atoms with Gasteiger partial charge < -0.3 is 4.57 Å². The summed E-state index contributed by atoms with van der Waals surface area (Å²) in [6, 6.07) is 57.7. The smallest absolute Gasteiger partial charge is 0.238 e. The number of nitrogens with zero attached hydrogens (tertiary/aromatic N) is 5. The summed E-state index contributed by atoms with van der Waals surface area (Å²) >= 11 is 1.80. The van der Waals surface area contributed by atoms with Crippen LogP contribution in [0, 0.1) is 0 Å². The van der Waals surface area contributed by atoms with E-state index in [1.54, 1.807) is 11.3 Å². The molecule has 11 rings (SSSR count). The van der Waals surface area contributed by atoms with Crippen molar-refractivity contribution in [3.05, 3.63) is 164 Å². The molecule has 0 aliphatic carbocycles. The van der Waals surface area contributed by atoms with E-state index in [-0.39, 0.29) is 0 Å². The van der Waals surface area contributed by atoms with Crippen LogP contribution in [-0.2, 0) is 0 Å². The third-order valence-corrected chi connectivity index (χ3v) is 11.1. The van der Waals surface area contributed by atoms with Gasteiger partial charge in [0.1, 0.15) is 0 Å². The molecule has 238 valence electrons. The number of thiophene rings is 1. The zero-order chi connectivity index (χ0) is 33.5. The summed E-state index contributed by atoms with van der Waals surface area (Å²) in [6.07, 6.45) is 0. The largest absolute Gasteiger partial charge is 0.309 e. The van der Waals surface area contributed by atoms with E-state index in [0.29, 0.717) is 17.6 Å². The second-order valence-corrected chi connectivity index (χ2v) is 13.9. The highest BCUT2D eigenvalue weighted by atomic mass is 32.1. The molecule has 0 radical (unpaired) electrons. The Bertz CT molecular complexity index is 3140. The van der Waals surface area contributed by atoms with Crippen molar-refractivity contribution in [1.82, 2.24) is 24.1 Å². The third kappa shape index (κ3) is 4.24. The number of rotatable bonds is 4. The van der Waals surface area contributed by atoms with Gasteiger partial charge in [-0.2, -0.15) is 9.97 Å². The lowest BCUT2D eigenvalue weighted by molar-refractivity contribution is 0.954. The Labute approximate surface area is 296 Å². The molecule has 4 aromatic heterocycles. The quantitative estimate of drug-likeness (QED) is 0.187. The van der Waals surface area contributed by atoms with Gasteiger partial charge in [-0.3, -0.25) is 4.57 Å². The van der Waals surface area contributed by atoms with Gasteiger partial charge in [-0.15, -0.1) is 11.3 Å². The van der Waals surface area contributed by atoms with Crippen LogP contribution < -0.4 is 0 Å². The van der Waals surface area contributed by atoms with Crippen LogP contribution in [0.1, 0.15) is 0 Å². The fourth-order valence-electron chi connectivity index (χ4n) is 7.76. The maximum Gasteiger partial charge on any atom is 0.238 e. The molecule has 0 unspecified atom stereocenters. The van der Waals surface area contributed by atoms with Gasteiger partial charge in [0.2, 0.25) is 5.95 Å². The summed E-state index contributed by atoms with van der Waals surface area (Å²) in [4.78, 5) is 15.6. The maximum absolute atomic E-state index is 5.27. The zero-order valence-corrected chi connectivity index (χ0v) is 28.0. The summed E-state index contributed by atoms with van der Waals surface area (Å²) in [5, 5.41) is 7.29. The van der Waals surface area contributed by atoms with E-state index in [0.717, 1.165) is 38.8 Å². The Morgan fingerprint density at radius 1 is 0.373 bits per heavy atom.